The summed E-state index contributed by atoms with van der Waals surface area (Å²) in [6.07, 6.45) is 5.04. The minimum Gasteiger partial charge on any atom is -0.368 e. The van der Waals surface area contributed by atoms with Crippen LogP contribution in [0.5, 0.6) is 0 Å². The molecule has 1 saturated heterocycles. The molecule has 0 atom stereocenters. The number of benzene rings is 1. The molecular formula is C18H17FN6O. The van der Waals surface area contributed by atoms with Crippen LogP contribution in [0.15, 0.2) is 55.1 Å². The van der Waals surface area contributed by atoms with Crippen LogP contribution in [0.25, 0.3) is 5.82 Å². The summed E-state index contributed by atoms with van der Waals surface area (Å²) < 4.78 is 14.8. The molecule has 0 N–H and O–H groups in total. The van der Waals surface area contributed by atoms with Gasteiger partial charge in [0.15, 0.2) is 11.5 Å². The van der Waals surface area contributed by atoms with Gasteiger partial charge in [0.05, 0.1) is 0 Å². The molecule has 1 aromatic carbocycles. The standard InChI is InChI=1S/C18H17FN6O/c19-14-1-3-15(4-2-14)23-9-11-24(12-10-23)18(26)16-5-6-17(22-21-16)25-8-7-20-13-25/h1-8,13H,9-12H2. The highest BCUT2D eigenvalue weighted by Crippen LogP contribution is 2.17. The van der Waals surface area contributed by atoms with Crippen molar-refractivity contribution in [2.75, 3.05) is 31.1 Å². The molecular weight excluding hydrogens is 335 g/mol. The van der Waals surface area contributed by atoms with E-state index in [9.17, 15) is 9.18 Å². The fourth-order valence-corrected chi connectivity index (χ4v) is 2.95. The number of carbonyl (C=O) groups excluding carboxylic acids is 1. The molecule has 132 valence electrons. The minimum atomic E-state index is -0.250. The molecule has 0 unspecified atom stereocenters. The first-order valence-corrected chi connectivity index (χ1v) is 8.32. The lowest BCUT2D eigenvalue weighted by atomic mass is 10.2. The van der Waals surface area contributed by atoms with E-state index in [-0.39, 0.29) is 11.7 Å². The van der Waals surface area contributed by atoms with Crippen LogP contribution >= 0.6 is 0 Å². The molecule has 0 spiro atoms. The van der Waals surface area contributed by atoms with Gasteiger partial charge in [0, 0.05) is 44.3 Å². The number of amides is 1. The molecule has 7 nitrogen and oxygen atoms in total. The van der Waals surface area contributed by atoms with Gasteiger partial charge in [0.25, 0.3) is 5.91 Å². The van der Waals surface area contributed by atoms with Crippen LogP contribution in [0.2, 0.25) is 0 Å². The Balaban J connectivity index is 1.39. The van der Waals surface area contributed by atoms with Gasteiger partial charge in [-0.25, -0.2) is 9.37 Å². The van der Waals surface area contributed by atoms with E-state index in [4.69, 9.17) is 0 Å². The molecule has 26 heavy (non-hydrogen) atoms. The predicted octanol–water partition coefficient (Wildman–Crippen LogP) is 1.76. The summed E-state index contributed by atoms with van der Waals surface area (Å²) in [4.78, 5) is 20.5. The first-order chi connectivity index (χ1) is 12.7. The maximum atomic E-state index is 13.0. The summed E-state index contributed by atoms with van der Waals surface area (Å²) in [6.45, 7) is 2.55. The molecule has 4 rings (SSSR count). The number of nitrogens with zero attached hydrogens (tertiary/aromatic N) is 6. The number of halogens is 1. The number of rotatable bonds is 3. The highest BCUT2D eigenvalue weighted by Gasteiger charge is 2.23. The number of hydrogen-bond acceptors (Lipinski definition) is 5. The number of imidazole rings is 1. The largest absolute Gasteiger partial charge is 0.368 e. The molecule has 1 aliphatic heterocycles. The van der Waals surface area contributed by atoms with Gasteiger partial charge < -0.3 is 9.80 Å². The van der Waals surface area contributed by atoms with Crippen molar-refractivity contribution in [2.45, 2.75) is 0 Å². The Bertz CT molecular complexity index is 871. The Labute approximate surface area is 149 Å². The Morgan fingerprint density at radius 3 is 2.35 bits per heavy atom. The zero-order valence-corrected chi connectivity index (χ0v) is 14.0. The monoisotopic (exact) mass is 352 g/mol. The minimum absolute atomic E-state index is 0.131. The summed E-state index contributed by atoms with van der Waals surface area (Å²) in [7, 11) is 0. The van der Waals surface area contributed by atoms with Gasteiger partial charge in [-0.15, -0.1) is 10.2 Å². The maximum Gasteiger partial charge on any atom is 0.274 e. The number of aromatic nitrogens is 4. The summed E-state index contributed by atoms with van der Waals surface area (Å²) in [5.41, 5.74) is 1.28. The van der Waals surface area contributed by atoms with E-state index in [0.29, 0.717) is 37.7 Å². The van der Waals surface area contributed by atoms with Crippen LogP contribution < -0.4 is 4.90 Å². The van der Waals surface area contributed by atoms with E-state index in [2.05, 4.69) is 20.1 Å². The third-order valence-corrected chi connectivity index (χ3v) is 4.40. The van der Waals surface area contributed by atoms with E-state index >= 15 is 0 Å². The smallest absolute Gasteiger partial charge is 0.274 e. The third-order valence-electron chi connectivity index (χ3n) is 4.40. The quantitative estimate of drug-likeness (QED) is 0.719. The van der Waals surface area contributed by atoms with Gasteiger partial charge >= 0.3 is 0 Å². The van der Waals surface area contributed by atoms with Crippen molar-refractivity contribution in [3.05, 3.63) is 66.6 Å². The van der Waals surface area contributed by atoms with Crippen molar-refractivity contribution in [3.63, 3.8) is 0 Å². The van der Waals surface area contributed by atoms with Crippen LogP contribution in [0.4, 0.5) is 10.1 Å². The van der Waals surface area contributed by atoms with Crippen LogP contribution in [0, 0.1) is 5.82 Å². The fraction of sp³-hybridized carbons (Fsp3) is 0.222. The van der Waals surface area contributed by atoms with Gasteiger partial charge in [0.1, 0.15) is 12.1 Å². The Kier molecular flexibility index (Phi) is 4.30. The molecule has 0 aliphatic carbocycles. The second-order valence-corrected chi connectivity index (χ2v) is 6.00. The van der Waals surface area contributed by atoms with E-state index < -0.39 is 0 Å². The predicted molar refractivity (Wildman–Crippen MR) is 93.7 cm³/mol. The fourth-order valence-electron chi connectivity index (χ4n) is 2.95. The normalized spacial score (nSPS) is 14.5. The van der Waals surface area contributed by atoms with Crippen LogP contribution in [0.3, 0.4) is 0 Å². The number of hydrogen-bond donors (Lipinski definition) is 0. The van der Waals surface area contributed by atoms with Crippen molar-refractivity contribution >= 4 is 11.6 Å². The van der Waals surface area contributed by atoms with Crippen molar-refractivity contribution in [1.82, 2.24) is 24.6 Å². The Morgan fingerprint density at radius 1 is 0.962 bits per heavy atom. The molecule has 2 aromatic heterocycles. The molecule has 1 fully saturated rings. The highest BCUT2D eigenvalue weighted by atomic mass is 19.1. The molecule has 3 aromatic rings. The zero-order valence-electron chi connectivity index (χ0n) is 14.0. The lowest BCUT2D eigenvalue weighted by Crippen LogP contribution is -2.49. The van der Waals surface area contributed by atoms with E-state index in [0.717, 1.165) is 5.69 Å². The topological polar surface area (TPSA) is 67.2 Å². The van der Waals surface area contributed by atoms with Gasteiger partial charge in [-0.1, -0.05) is 0 Å². The first kappa shape index (κ1) is 16.2. The summed E-state index contributed by atoms with van der Waals surface area (Å²) >= 11 is 0. The van der Waals surface area contributed by atoms with Crippen LogP contribution in [-0.4, -0.2) is 56.7 Å². The molecule has 3 heterocycles. The molecule has 0 bridgehead atoms. The molecule has 0 radical (unpaired) electrons. The summed E-state index contributed by atoms with van der Waals surface area (Å²) in [5.74, 6) is 0.230. The highest BCUT2D eigenvalue weighted by molar-refractivity contribution is 5.92. The SMILES string of the molecule is O=C(c1ccc(-n2ccnc2)nn1)N1CCN(c2ccc(F)cc2)CC1. The molecule has 0 saturated carbocycles. The van der Waals surface area contributed by atoms with E-state index in [1.165, 1.54) is 12.1 Å². The van der Waals surface area contributed by atoms with Crippen molar-refractivity contribution in [3.8, 4) is 5.82 Å². The van der Waals surface area contributed by atoms with Gasteiger partial charge in [-0.3, -0.25) is 9.36 Å². The second-order valence-electron chi connectivity index (χ2n) is 6.00. The lowest BCUT2D eigenvalue weighted by molar-refractivity contribution is 0.0739. The second kappa shape index (κ2) is 6.91. The van der Waals surface area contributed by atoms with Crippen LogP contribution in [-0.2, 0) is 0 Å². The van der Waals surface area contributed by atoms with Gasteiger partial charge in [0.2, 0.25) is 0 Å². The van der Waals surface area contributed by atoms with E-state index in [1.807, 2.05) is 0 Å². The lowest BCUT2D eigenvalue weighted by Gasteiger charge is -2.35. The zero-order chi connectivity index (χ0) is 17.9. The number of anilines is 1. The van der Waals surface area contributed by atoms with Crippen molar-refractivity contribution in [1.29, 1.82) is 0 Å². The summed E-state index contributed by atoms with van der Waals surface area (Å²) in [5, 5.41) is 8.14. The van der Waals surface area contributed by atoms with Crippen molar-refractivity contribution < 1.29 is 9.18 Å². The maximum absolute atomic E-state index is 13.0. The molecule has 8 heteroatoms. The third kappa shape index (κ3) is 3.26. The van der Waals surface area contributed by atoms with Gasteiger partial charge in [-0.05, 0) is 36.4 Å². The first-order valence-electron chi connectivity index (χ1n) is 8.32. The average Bonchev–Trinajstić information content (AvgIpc) is 3.23. The number of piperazine rings is 1. The molecule has 1 aliphatic rings. The summed E-state index contributed by atoms with van der Waals surface area (Å²) in [6, 6.07) is 9.84. The van der Waals surface area contributed by atoms with Crippen molar-refractivity contribution in [2.24, 2.45) is 0 Å². The molecule has 1 amide bonds. The van der Waals surface area contributed by atoms with E-state index in [1.54, 1.807) is 52.5 Å². The average molecular weight is 352 g/mol. The number of carbonyl (C=O) groups is 1. The Morgan fingerprint density at radius 2 is 1.73 bits per heavy atom. The van der Waals surface area contributed by atoms with Gasteiger partial charge in [-0.2, -0.15) is 0 Å². The Hall–Kier alpha value is -3.29. The van der Waals surface area contributed by atoms with Crippen LogP contribution in [0.1, 0.15) is 10.5 Å².